The van der Waals surface area contributed by atoms with Crippen molar-refractivity contribution < 1.29 is 28.9 Å². The van der Waals surface area contributed by atoms with Gasteiger partial charge in [0.15, 0.2) is 11.5 Å². The molecule has 0 unspecified atom stereocenters. The van der Waals surface area contributed by atoms with Gasteiger partial charge in [0, 0.05) is 16.1 Å². The van der Waals surface area contributed by atoms with E-state index in [0.717, 1.165) is 22.9 Å². The number of aliphatic hydroxyl groups is 1. The molecule has 7 nitrogen and oxygen atoms in total. The highest BCUT2D eigenvalue weighted by Gasteiger charge is 2.34. The van der Waals surface area contributed by atoms with Crippen LogP contribution < -0.4 is 9.47 Å². The Bertz CT molecular complexity index is 1510. The smallest absolute Gasteiger partial charge is 0.344 e. The normalized spacial score (nSPS) is 15.1. The van der Waals surface area contributed by atoms with E-state index >= 15 is 0 Å². The maximum Gasteiger partial charge on any atom is 0.344 e. The summed E-state index contributed by atoms with van der Waals surface area (Å²) in [6.07, 6.45) is 1.67. The fourth-order valence-electron chi connectivity index (χ4n) is 3.77. The SMILES string of the molecule is CCOC(=O)C1=C(O)/C(=C/c2ccc(OCc3ccccc3Cl)c(OC)c2)SC1=NC(=O)c1ccccc1C. The lowest BCUT2D eigenvalue weighted by atomic mass is 10.1. The summed E-state index contributed by atoms with van der Waals surface area (Å²) in [5.41, 5.74) is 2.51. The Balaban J connectivity index is 1.63. The highest BCUT2D eigenvalue weighted by molar-refractivity contribution is 8.18. The molecular formula is C30H26ClNO6S. The van der Waals surface area contributed by atoms with Crippen LogP contribution >= 0.6 is 23.4 Å². The van der Waals surface area contributed by atoms with Gasteiger partial charge in [0.2, 0.25) is 0 Å². The zero-order valence-electron chi connectivity index (χ0n) is 21.6. The highest BCUT2D eigenvalue weighted by atomic mass is 35.5. The summed E-state index contributed by atoms with van der Waals surface area (Å²) < 4.78 is 16.6. The number of amides is 1. The van der Waals surface area contributed by atoms with Crippen molar-refractivity contribution in [2.45, 2.75) is 20.5 Å². The minimum Gasteiger partial charge on any atom is -0.506 e. The van der Waals surface area contributed by atoms with E-state index in [2.05, 4.69) is 4.99 Å². The highest BCUT2D eigenvalue weighted by Crippen LogP contribution is 2.40. The summed E-state index contributed by atoms with van der Waals surface area (Å²) in [6.45, 7) is 3.82. The topological polar surface area (TPSA) is 94.4 Å². The molecule has 1 aliphatic rings. The van der Waals surface area contributed by atoms with E-state index in [4.69, 9.17) is 25.8 Å². The van der Waals surface area contributed by atoms with Crippen LogP contribution in [0.2, 0.25) is 5.02 Å². The monoisotopic (exact) mass is 563 g/mol. The van der Waals surface area contributed by atoms with Gasteiger partial charge in [-0.2, -0.15) is 0 Å². The largest absolute Gasteiger partial charge is 0.506 e. The minimum absolute atomic E-state index is 0.0668. The number of carbonyl (C=O) groups is 2. The van der Waals surface area contributed by atoms with E-state index in [9.17, 15) is 14.7 Å². The summed E-state index contributed by atoms with van der Waals surface area (Å²) >= 11 is 7.23. The second-order valence-electron chi connectivity index (χ2n) is 8.38. The van der Waals surface area contributed by atoms with Gasteiger partial charge in [-0.15, -0.1) is 0 Å². The predicted octanol–water partition coefficient (Wildman–Crippen LogP) is 6.94. The molecule has 0 saturated carbocycles. The molecule has 0 aliphatic carbocycles. The first-order valence-electron chi connectivity index (χ1n) is 12.1. The number of benzene rings is 3. The number of hydrogen-bond acceptors (Lipinski definition) is 7. The Morgan fingerprint density at radius 2 is 1.79 bits per heavy atom. The Hall–Kier alpha value is -4.01. The van der Waals surface area contributed by atoms with Crippen LogP contribution in [0.4, 0.5) is 0 Å². The molecular weight excluding hydrogens is 538 g/mol. The third-order valence-corrected chi connectivity index (χ3v) is 7.16. The van der Waals surface area contributed by atoms with Gasteiger partial charge < -0.3 is 19.3 Å². The van der Waals surface area contributed by atoms with Gasteiger partial charge in [-0.1, -0.05) is 65.8 Å². The molecule has 1 heterocycles. The molecule has 0 spiro atoms. The van der Waals surface area contributed by atoms with Gasteiger partial charge in [-0.3, -0.25) is 4.79 Å². The number of aliphatic imine (C=N–C) groups is 1. The lowest BCUT2D eigenvalue weighted by molar-refractivity contribution is -0.138. The van der Waals surface area contributed by atoms with E-state index < -0.39 is 11.9 Å². The Kier molecular flexibility index (Phi) is 9.11. The molecule has 0 atom stereocenters. The standard InChI is InChI=1S/C30H26ClNO6S/c1-4-37-30(35)26-27(33)25(39-29(26)32-28(34)21-11-7-5-9-18(21)2)16-19-13-14-23(24(15-19)36-3)38-17-20-10-6-8-12-22(20)31/h5-16,33H,4,17H2,1-3H3/b25-16-,32-29?. The number of esters is 1. The maximum atomic E-state index is 12.9. The van der Waals surface area contributed by atoms with Gasteiger partial charge in [-0.05, 0) is 55.3 Å². The van der Waals surface area contributed by atoms with E-state index in [1.807, 2.05) is 24.3 Å². The Morgan fingerprint density at radius 3 is 2.51 bits per heavy atom. The van der Waals surface area contributed by atoms with Crippen LogP contribution in [-0.4, -0.2) is 35.7 Å². The second-order valence-corrected chi connectivity index (χ2v) is 9.82. The summed E-state index contributed by atoms with van der Waals surface area (Å²) in [5, 5.41) is 11.6. The molecule has 0 aromatic heterocycles. The maximum absolute atomic E-state index is 12.9. The fourth-order valence-corrected chi connectivity index (χ4v) is 4.98. The number of aryl methyl sites for hydroxylation is 1. The first-order chi connectivity index (χ1) is 18.8. The van der Waals surface area contributed by atoms with Crippen molar-refractivity contribution in [3.8, 4) is 11.5 Å². The molecule has 1 aliphatic heterocycles. The molecule has 3 aromatic rings. The van der Waals surface area contributed by atoms with Crippen molar-refractivity contribution >= 4 is 46.4 Å². The Morgan fingerprint density at radius 1 is 1.05 bits per heavy atom. The number of halogens is 1. The van der Waals surface area contributed by atoms with Crippen molar-refractivity contribution in [1.29, 1.82) is 0 Å². The molecule has 0 fully saturated rings. The van der Waals surface area contributed by atoms with Crippen molar-refractivity contribution in [3.63, 3.8) is 0 Å². The predicted molar refractivity (Wildman–Crippen MR) is 154 cm³/mol. The van der Waals surface area contributed by atoms with Crippen molar-refractivity contribution in [2.75, 3.05) is 13.7 Å². The average molecular weight is 564 g/mol. The number of hydrogen-bond donors (Lipinski definition) is 1. The van der Waals surface area contributed by atoms with Crippen LogP contribution in [0.1, 0.15) is 34.0 Å². The van der Waals surface area contributed by atoms with Crippen LogP contribution in [0.25, 0.3) is 6.08 Å². The van der Waals surface area contributed by atoms with E-state index in [1.54, 1.807) is 62.4 Å². The molecule has 0 bridgehead atoms. The first kappa shape index (κ1) is 28.0. The fraction of sp³-hybridized carbons (Fsp3) is 0.167. The van der Waals surface area contributed by atoms with E-state index in [1.165, 1.54) is 7.11 Å². The molecule has 9 heteroatoms. The van der Waals surface area contributed by atoms with Gasteiger partial charge >= 0.3 is 5.97 Å². The zero-order chi connectivity index (χ0) is 27.9. The summed E-state index contributed by atoms with van der Waals surface area (Å²) in [5.74, 6) is -0.613. The Labute approximate surface area is 235 Å². The van der Waals surface area contributed by atoms with Crippen LogP contribution in [0, 0.1) is 6.92 Å². The van der Waals surface area contributed by atoms with Crippen LogP contribution in [0.3, 0.4) is 0 Å². The first-order valence-corrected chi connectivity index (χ1v) is 13.2. The molecule has 1 N–H and O–H groups in total. The van der Waals surface area contributed by atoms with Gasteiger partial charge in [0.25, 0.3) is 5.91 Å². The van der Waals surface area contributed by atoms with E-state index in [-0.39, 0.29) is 29.6 Å². The van der Waals surface area contributed by atoms with Crippen molar-refractivity contribution in [1.82, 2.24) is 0 Å². The van der Waals surface area contributed by atoms with Gasteiger partial charge in [-0.25, -0.2) is 9.79 Å². The van der Waals surface area contributed by atoms with E-state index in [0.29, 0.717) is 32.6 Å². The molecule has 39 heavy (non-hydrogen) atoms. The van der Waals surface area contributed by atoms with Crippen molar-refractivity contribution in [2.24, 2.45) is 4.99 Å². The van der Waals surface area contributed by atoms with Gasteiger partial charge in [0.1, 0.15) is 23.0 Å². The third kappa shape index (κ3) is 6.53. The van der Waals surface area contributed by atoms with Crippen LogP contribution in [0.15, 0.2) is 88.0 Å². The number of methoxy groups -OCH3 is 1. The number of ether oxygens (including phenoxy) is 3. The molecule has 1 amide bonds. The van der Waals surface area contributed by atoms with Crippen LogP contribution in [0.5, 0.6) is 11.5 Å². The summed E-state index contributed by atoms with van der Waals surface area (Å²) in [7, 11) is 1.52. The average Bonchev–Trinajstić information content (AvgIpc) is 3.22. The number of carbonyl (C=O) groups excluding carboxylic acids is 2. The number of aliphatic hydroxyl groups excluding tert-OH is 1. The van der Waals surface area contributed by atoms with Crippen LogP contribution in [-0.2, 0) is 16.1 Å². The lowest BCUT2D eigenvalue weighted by Gasteiger charge is -2.12. The molecule has 4 rings (SSSR count). The number of nitrogens with zero attached hydrogens (tertiary/aromatic N) is 1. The quantitative estimate of drug-likeness (QED) is 0.297. The number of rotatable bonds is 8. The number of thioether (sulfide) groups is 1. The zero-order valence-corrected chi connectivity index (χ0v) is 23.1. The molecule has 0 saturated heterocycles. The molecule has 0 radical (unpaired) electrons. The third-order valence-electron chi connectivity index (χ3n) is 5.78. The van der Waals surface area contributed by atoms with Crippen molar-refractivity contribution in [3.05, 3.63) is 110 Å². The summed E-state index contributed by atoms with van der Waals surface area (Å²) in [4.78, 5) is 30.1. The minimum atomic E-state index is -0.761. The second kappa shape index (κ2) is 12.7. The molecule has 200 valence electrons. The molecule has 3 aromatic carbocycles. The lowest BCUT2D eigenvalue weighted by Crippen LogP contribution is -2.14. The summed E-state index contributed by atoms with van der Waals surface area (Å²) in [6, 6.07) is 19.7. The van der Waals surface area contributed by atoms with Gasteiger partial charge in [0.05, 0.1) is 18.6 Å².